The first-order valence-corrected chi connectivity index (χ1v) is 13.1. The molecule has 186 valence electrons. The smallest absolute Gasteiger partial charge is 0.254 e. The summed E-state index contributed by atoms with van der Waals surface area (Å²) in [7, 11) is 0. The van der Waals surface area contributed by atoms with E-state index in [2.05, 4.69) is 37.8 Å². The first-order valence-electron chi connectivity index (χ1n) is 12.2. The van der Waals surface area contributed by atoms with Crippen molar-refractivity contribution in [3.8, 4) is 5.75 Å². The average molecular weight is 494 g/mol. The second-order valence-electron chi connectivity index (χ2n) is 9.22. The molecule has 0 N–H and O–H groups in total. The van der Waals surface area contributed by atoms with Crippen LogP contribution in [0.1, 0.15) is 43.3 Å². The van der Waals surface area contributed by atoms with Crippen molar-refractivity contribution in [2.75, 3.05) is 39.4 Å². The van der Waals surface area contributed by atoms with Gasteiger partial charge in [0.15, 0.2) is 0 Å². The van der Waals surface area contributed by atoms with E-state index in [0.29, 0.717) is 19.7 Å². The van der Waals surface area contributed by atoms with Gasteiger partial charge in [-0.2, -0.15) is 0 Å². The maximum atomic E-state index is 13.5. The number of aryl methyl sites for hydroxylation is 3. The number of carbonyl (C=O) groups excluding carboxylic acids is 1. The predicted octanol–water partition coefficient (Wildman–Crippen LogP) is 4.93. The third-order valence-electron chi connectivity index (χ3n) is 6.52. The molecule has 0 spiro atoms. The lowest BCUT2D eigenvalue weighted by Crippen LogP contribution is -2.43. The zero-order valence-corrected chi connectivity index (χ0v) is 22.0. The van der Waals surface area contributed by atoms with Gasteiger partial charge in [-0.1, -0.05) is 24.3 Å². The Morgan fingerprint density at radius 1 is 1.11 bits per heavy atom. The molecule has 4 rings (SSSR count). The summed E-state index contributed by atoms with van der Waals surface area (Å²) in [5.74, 6) is 0.953. The molecule has 3 aromatic rings. The fraction of sp³-hybridized carbons (Fsp3) is 0.429. The van der Waals surface area contributed by atoms with Crippen molar-refractivity contribution in [3.63, 3.8) is 0 Å². The first kappa shape index (κ1) is 25.4. The van der Waals surface area contributed by atoms with Crippen LogP contribution in [0.2, 0.25) is 0 Å². The molecule has 0 atom stereocenters. The topological polar surface area (TPSA) is 54.9 Å². The number of rotatable bonds is 9. The van der Waals surface area contributed by atoms with Gasteiger partial charge < -0.3 is 14.4 Å². The van der Waals surface area contributed by atoms with Gasteiger partial charge in [-0.05, 0) is 62.1 Å². The molecule has 1 aliphatic heterocycles. The summed E-state index contributed by atoms with van der Waals surface area (Å²) in [4.78, 5) is 22.6. The van der Waals surface area contributed by atoms with Crippen molar-refractivity contribution in [2.24, 2.45) is 0 Å². The minimum atomic E-state index is 0.0491. The van der Waals surface area contributed by atoms with Crippen molar-refractivity contribution < 1.29 is 14.3 Å². The molecule has 2 heterocycles. The standard InChI is InChI=1S/C28H35N3O3S/c1-20-15-22(3)23(4)26(16-20)34-18-27-29-24(19-35-27)17-31(10-9-30-11-13-33-14-12-30)28(32)25-8-6-5-7-21(25)2/h5-8,15-16,19H,9-14,17-18H2,1-4H3. The number of aromatic nitrogens is 1. The highest BCUT2D eigenvalue weighted by Gasteiger charge is 2.21. The molecule has 0 aliphatic carbocycles. The summed E-state index contributed by atoms with van der Waals surface area (Å²) in [6.07, 6.45) is 0. The van der Waals surface area contributed by atoms with Crippen molar-refractivity contribution >= 4 is 17.2 Å². The minimum absolute atomic E-state index is 0.0491. The summed E-state index contributed by atoms with van der Waals surface area (Å²) in [5, 5.41) is 2.95. The molecule has 0 radical (unpaired) electrons. The molecule has 2 aromatic carbocycles. The Labute approximate surface area is 212 Å². The van der Waals surface area contributed by atoms with E-state index in [1.54, 1.807) is 11.3 Å². The monoisotopic (exact) mass is 493 g/mol. The second-order valence-corrected chi connectivity index (χ2v) is 10.2. The molecule has 1 saturated heterocycles. The van der Waals surface area contributed by atoms with Gasteiger partial charge in [0.05, 0.1) is 25.5 Å². The highest BCUT2D eigenvalue weighted by molar-refractivity contribution is 7.09. The molecular weight excluding hydrogens is 458 g/mol. The van der Waals surface area contributed by atoms with Crippen LogP contribution in [0.3, 0.4) is 0 Å². The Bertz CT molecular complexity index is 1150. The Balaban J connectivity index is 1.44. The number of ether oxygens (including phenoxy) is 2. The number of benzene rings is 2. The van der Waals surface area contributed by atoms with Gasteiger partial charge in [-0.3, -0.25) is 9.69 Å². The lowest BCUT2D eigenvalue weighted by molar-refractivity contribution is 0.0319. The Hall–Kier alpha value is -2.74. The van der Waals surface area contributed by atoms with Gasteiger partial charge in [-0.15, -0.1) is 11.3 Å². The fourth-order valence-corrected chi connectivity index (χ4v) is 4.99. The lowest BCUT2D eigenvalue weighted by atomic mass is 10.1. The molecule has 0 unspecified atom stereocenters. The molecule has 1 amide bonds. The van der Waals surface area contributed by atoms with Crippen LogP contribution in [-0.2, 0) is 17.9 Å². The Morgan fingerprint density at radius 3 is 2.66 bits per heavy atom. The molecule has 6 nitrogen and oxygen atoms in total. The Morgan fingerprint density at radius 2 is 1.89 bits per heavy atom. The van der Waals surface area contributed by atoms with E-state index >= 15 is 0 Å². The number of nitrogens with zero attached hydrogens (tertiary/aromatic N) is 3. The summed E-state index contributed by atoms with van der Waals surface area (Å²) < 4.78 is 11.6. The molecule has 1 aliphatic rings. The number of hydrogen-bond donors (Lipinski definition) is 0. The van der Waals surface area contributed by atoms with E-state index in [-0.39, 0.29) is 5.91 Å². The number of hydrogen-bond acceptors (Lipinski definition) is 6. The second kappa shape index (κ2) is 11.8. The van der Waals surface area contributed by atoms with Gasteiger partial charge in [0.2, 0.25) is 0 Å². The number of amides is 1. The number of morpholine rings is 1. The summed E-state index contributed by atoms with van der Waals surface area (Å²) in [6, 6.07) is 12.0. The van der Waals surface area contributed by atoms with Crippen LogP contribution >= 0.6 is 11.3 Å². The van der Waals surface area contributed by atoms with E-state index in [1.165, 1.54) is 11.1 Å². The quantitative estimate of drug-likeness (QED) is 0.423. The fourth-order valence-electron chi connectivity index (χ4n) is 4.30. The molecule has 35 heavy (non-hydrogen) atoms. The van der Waals surface area contributed by atoms with Crippen LogP contribution in [0.4, 0.5) is 0 Å². The van der Waals surface area contributed by atoms with E-state index in [4.69, 9.17) is 14.5 Å². The number of carbonyl (C=O) groups is 1. The lowest BCUT2D eigenvalue weighted by Gasteiger charge is -2.30. The highest BCUT2D eigenvalue weighted by Crippen LogP contribution is 2.25. The predicted molar refractivity (Wildman–Crippen MR) is 140 cm³/mol. The third-order valence-corrected chi connectivity index (χ3v) is 7.39. The van der Waals surface area contributed by atoms with E-state index in [9.17, 15) is 4.79 Å². The molecule has 1 fully saturated rings. The maximum Gasteiger partial charge on any atom is 0.254 e. The zero-order valence-electron chi connectivity index (χ0n) is 21.2. The van der Waals surface area contributed by atoms with Gasteiger partial charge in [0, 0.05) is 37.1 Å². The minimum Gasteiger partial charge on any atom is -0.486 e. The maximum absolute atomic E-state index is 13.5. The van der Waals surface area contributed by atoms with Crippen LogP contribution in [0.15, 0.2) is 41.8 Å². The van der Waals surface area contributed by atoms with Crippen molar-refractivity contribution in [1.29, 1.82) is 0 Å². The van der Waals surface area contributed by atoms with Crippen LogP contribution in [0.25, 0.3) is 0 Å². The van der Waals surface area contributed by atoms with Gasteiger partial charge in [0.25, 0.3) is 5.91 Å². The van der Waals surface area contributed by atoms with Crippen LogP contribution < -0.4 is 4.74 Å². The molecule has 0 saturated carbocycles. The van der Waals surface area contributed by atoms with E-state index in [0.717, 1.165) is 66.0 Å². The largest absolute Gasteiger partial charge is 0.486 e. The highest BCUT2D eigenvalue weighted by atomic mass is 32.1. The van der Waals surface area contributed by atoms with Crippen molar-refractivity contribution in [1.82, 2.24) is 14.8 Å². The summed E-state index contributed by atoms with van der Waals surface area (Å²) in [6.45, 7) is 14.0. The SMILES string of the molecule is Cc1cc(C)c(C)c(OCc2nc(CN(CCN3CCOCC3)C(=O)c3ccccc3C)cs2)c1. The van der Waals surface area contributed by atoms with E-state index < -0.39 is 0 Å². The first-order chi connectivity index (χ1) is 16.9. The van der Waals surface area contributed by atoms with Gasteiger partial charge in [0.1, 0.15) is 17.4 Å². The van der Waals surface area contributed by atoms with Gasteiger partial charge >= 0.3 is 0 Å². The Kier molecular flexibility index (Phi) is 8.55. The molecule has 7 heteroatoms. The van der Waals surface area contributed by atoms with Crippen molar-refractivity contribution in [2.45, 2.75) is 40.8 Å². The summed E-state index contributed by atoms with van der Waals surface area (Å²) in [5.41, 5.74) is 6.21. The van der Waals surface area contributed by atoms with Crippen LogP contribution in [-0.4, -0.2) is 60.1 Å². The molecule has 1 aromatic heterocycles. The molecular formula is C28H35N3O3S. The van der Waals surface area contributed by atoms with Crippen LogP contribution in [0, 0.1) is 27.7 Å². The zero-order chi connectivity index (χ0) is 24.8. The normalized spacial score (nSPS) is 14.2. The average Bonchev–Trinajstić information content (AvgIpc) is 3.31. The van der Waals surface area contributed by atoms with Gasteiger partial charge in [-0.25, -0.2) is 4.98 Å². The molecule has 0 bridgehead atoms. The van der Waals surface area contributed by atoms with E-state index in [1.807, 2.05) is 41.5 Å². The van der Waals surface area contributed by atoms with Crippen molar-refractivity contribution in [3.05, 3.63) is 80.3 Å². The summed E-state index contributed by atoms with van der Waals surface area (Å²) >= 11 is 1.58. The number of thiazole rings is 1. The van der Waals surface area contributed by atoms with Crippen LogP contribution in [0.5, 0.6) is 5.75 Å². The third kappa shape index (κ3) is 6.69.